The number of sulfonamides is 1. The number of benzene rings is 1. The van der Waals surface area contributed by atoms with E-state index < -0.39 is 10.0 Å². The number of anilines is 2. The number of aromatic nitrogens is 3. The predicted octanol–water partition coefficient (Wildman–Crippen LogP) is 1.24. The van der Waals surface area contributed by atoms with Gasteiger partial charge in [0.1, 0.15) is 0 Å². The lowest BCUT2D eigenvalue weighted by atomic mass is 10.2. The Labute approximate surface area is 177 Å². The van der Waals surface area contributed by atoms with Crippen molar-refractivity contribution in [3.63, 3.8) is 0 Å². The summed E-state index contributed by atoms with van der Waals surface area (Å²) in [6.07, 6.45) is 2.22. The maximum atomic E-state index is 12.6. The zero-order valence-electron chi connectivity index (χ0n) is 17.2. The minimum Gasteiger partial charge on any atom is -0.378 e. The minimum absolute atomic E-state index is 0.0366. The molecule has 2 saturated heterocycles. The Morgan fingerprint density at radius 3 is 2.33 bits per heavy atom. The van der Waals surface area contributed by atoms with Gasteiger partial charge in [0.05, 0.1) is 25.5 Å². The minimum atomic E-state index is -3.52. The normalized spacial score (nSPS) is 17.5. The van der Waals surface area contributed by atoms with E-state index in [9.17, 15) is 8.42 Å². The number of rotatable bonds is 7. The fraction of sp³-hybridized carbons (Fsp3) is 0.550. The largest absolute Gasteiger partial charge is 0.378 e. The highest BCUT2D eigenvalue weighted by atomic mass is 32.2. The fourth-order valence-corrected chi connectivity index (χ4v) is 4.75. The average Bonchev–Trinajstić information content (AvgIpc) is 3.28. The molecule has 3 heterocycles. The molecular formula is C20H28N6O3S. The summed E-state index contributed by atoms with van der Waals surface area (Å²) in [5.41, 5.74) is 1.79. The average molecular weight is 433 g/mol. The number of hydrogen-bond acceptors (Lipinski definition) is 8. The van der Waals surface area contributed by atoms with Crippen LogP contribution in [0.15, 0.2) is 24.3 Å². The molecule has 4 rings (SSSR count). The molecule has 0 bridgehead atoms. The Balaban J connectivity index is 1.51. The topological polar surface area (TPSA) is 101 Å². The van der Waals surface area contributed by atoms with Crippen molar-refractivity contribution in [2.24, 2.45) is 0 Å². The van der Waals surface area contributed by atoms with Crippen molar-refractivity contribution in [3.8, 4) is 0 Å². The third kappa shape index (κ3) is 5.44. The highest BCUT2D eigenvalue weighted by Crippen LogP contribution is 2.19. The molecule has 1 aromatic carbocycles. The van der Waals surface area contributed by atoms with Gasteiger partial charge in [-0.25, -0.2) is 13.1 Å². The fourth-order valence-electron chi connectivity index (χ4n) is 3.68. The lowest BCUT2D eigenvalue weighted by Gasteiger charge is -2.28. The van der Waals surface area contributed by atoms with Gasteiger partial charge < -0.3 is 14.5 Å². The Bertz CT molecular complexity index is 972. The van der Waals surface area contributed by atoms with Crippen LogP contribution in [0.2, 0.25) is 0 Å². The van der Waals surface area contributed by atoms with Gasteiger partial charge in [0.25, 0.3) is 0 Å². The molecule has 2 aliphatic heterocycles. The summed E-state index contributed by atoms with van der Waals surface area (Å²) in [4.78, 5) is 18.0. The van der Waals surface area contributed by atoms with Gasteiger partial charge in [-0.3, -0.25) is 0 Å². The van der Waals surface area contributed by atoms with E-state index in [4.69, 9.17) is 4.74 Å². The van der Waals surface area contributed by atoms with Crippen LogP contribution >= 0.6 is 0 Å². The van der Waals surface area contributed by atoms with E-state index in [0.29, 0.717) is 44.0 Å². The van der Waals surface area contributed by atoms with E-state index in [1.54, 1.807) is 0 Å². The van der Waals surface area contributed by atoms with Crippen LogP contribution in [0.1, 0.15) is 29.8 Å². The Kier molecular flexibility index (Phi) is 6.45. The lowest BCUT2D eigenvalue weighted by molar-refractivity contribution is 0.122. The molecule has 0 atom stereocenters. The van der Waals surface area contributed by atoms with Crippen LogP contribution in [0.4, 0.5) is 11.9 Å². The summed E-state index contributed by atoms with van der Waals surface area (Å²) >= 11 is 0. The standard InChI is InChI=1S/C20H28N6O3S/c1-16-5-4-6-17(13-16)15-30(27,28)21-14-18-22-19(25-7-2-3-8-25)24-20(23-18)26-9-11-29-12-10-26/h4-6,13,21H,2-3,7-12,14-15H2,1H3. The molecule has 0 amide bonds. The number of ether oxygens (including phenoxy) is 1. The van der Waals surface area contributed by atoms with E-state index in [2.05, 4.69) is 29.5 Å². The van der Waals surface area contributed by atoms with E-state index in [1.807, 2.05) is 31.2 Å². The Morgan fingerprint density at radius 2 is 1.67 bits per heavy atom. The second-order valence-corrected chi connectivity index (χ2v) is 9.52. The summed E-state index contributed by atoms with van der Waals surface area (Å²) in [5, 5.41) is 0. The highest BCUT2D eigenvalue weighted by Gasteiger charge is 2.22. The van der Waals surface area contributed by atoms with Crippen LogP contribution in [0.25, 0.3) is 0 Å². The van der Waals surface area contributed by atoms with Gasteiger partial charge in [-0.1, -0.05) is 29.8 Å². The first-order valence-electron chi connectivity index (χ1n) is 10.3. The zero-order valence-corrected chi connectivity index (χ0v) is 18.1. The Morgan fingerprint density at radius 1 is 1.00 bits per heavy atom. The molecule has 162 valence electrons. The van der Waals surface area contributed by atoms with Crippen LogP contribution in [0.5, 0.6) is 0 Å². The molecule has 10 heteroatoms. The monoisotopic (exact) mass is 432 g/mol. The quantitative estimate of drug-likeness (QED) is 0.697. The molecule has 0 spiro atoms. The number of hydrogen-bond donors (Lipinski definition) is 1. The van der Waals surface area contributed by atoms with Crippen molar-refractivity contribution in [2.45, 2.75) is 32.1 Å². The van der Waals surface area contributed by atoms with Crippen LogP contribution in [0, 0.1) is 6.92 Å². The molecule has 0 saturated carbocycles. The van der Waals surface area contributed by atoms with Gasteiger partial charge >= 0.3 is 0 Å². The Hall–Kier alpha value is -2.30. The van der Waals surface area contributed by atoms with Gasteiger partial charge in [0.2, 0.25) is 21.9 Å². The molecule has 0 aliphatic carbocycles. The maximum Gasteiger partial charge on any atom is 0.230 e. The number of nitrogens with zero attached hydrogens (tertiary/aromatic N) is 5. The van der Waals surface area contributed by atoms with E-state index in [-0.39, 0.29) is 12.3 Å². The summed E-state index contributed by atoms with van der Waals surface area (Å²) < 4.78 is 33.3. The second-order valence-electron chi connectivity index (χ2n) is 7.71. The third-order valence-corrected chi connectivity index (χ3v) is 6.53. The molecule has 2 fully saturated rings. The summed E-state index contributed by atoms with van der Waals surface area (Å²) in [7, 11) is -3.52. The maximum absolute atomic E-state index is 12.6. The van der Waals surface area contributed by atoms with Crippen molar-refractivity contribution in [1.82, 2.24) is 19.7 Å². The SMILES string of the molecule is Cc1cccc(CS(=O)(=O)NCc2nc(N3CCCC3)nc(N3CCOCC3)n2)c1. The predicted molar refractivity (Wildman–Crippen MR) is 115 cm³/mol. The van der Waals surface area contributed by atoms with Crippen LogP contribution in [0.3, 0.4) is 0 Å². The molecule has 0 unspecified atom stereocenters. The molecule has 30 heavy (non-hydrogen) atoms. The molecule has 1 aromatic heterocycles. The first-order chi connectivity index (χ1) is 14.5. The lowest BCUT2D eigenvalue weighted by Crippen LogP contribution is -2.38. The highest BCUT2D eigenvalue weighted by molar-refractivity contribution is 7.88. The first kappa shape index (κ1) is 21.0. The number of nitrogens with one attached hydrogen (secondary N) is 1. The van der Waals surface area contributed by atoms with Gasteiger partial charge in [-0.2, -0.15) is 15.0 Å². The van der Waals surface area contributed by atoms with Crippen molar-refractivity contribution >= 4 is 21.9 Å². The van der Waals surface area contributed by atoms with Crippen molar-refractivity contribution in [2.75, 3.05) is 49.2 Å². The second kappa shape index (κ2) is 9.23. The molecular weight excluding hydrogens is 404 g/mol. The van der Waals surface area contributed by atoms with Crippen molar-refractivity contribution < 1.29 is 13.2 Å². The smallest absolute Gasteiger partial charge is 0.230 e. The van der Waals surface area contributed by atoms with Gasteiger partial charge in [0, 0.05) is 26.2 Å². The van der Waals surface area contributed by atoms with Crippen LogP contribution < -0.4 is 14.5 Å². The molecule has 1 N–H and O–H groups in total. The van der Waals surface area contributed by atoms with Crippen molar-refractivity contribution in [1.29, 1.82) is 0 Å². The summed E-state index contributed by atoms with van der Waals surface area (Å²) in [5.74, 6) is 1.57. The molecule has 2 aromatic rings. The van der Waals surface area contributed by atoms with E-state index in [1.165, 1.54) is 0 Å². The van der Waals surface area contributed by atoms with E-state index in [0.717, 1.165) is 37.1 Å². The molecule has 2 aliphatic rings. The van der Waals surface area contributed by atoms with E-state index >= 15 is 0 Å². The molecule has 0 radical (unpaired) electrons. The van der Waals surface area contributed by atoms with Crippen LogP contribution in [-0.4, -0.2) is 62.8 Å². The van der Waals surface area contributed by atoms with Gasteiger partial charge in [-0.15, -0.1) is 0 Å². The van der Waals surface area contributed by atoms with Crippen LogP contribution in [-0.2, 0) is 27.1 Å². The first-order valence-corrected chi connectivity index (χ1v) is 12.0. The zero-order chi connectivity index (χ0) is 21.0. The van der Waals surface area contributed by atoms with Crippen molar-refractivity contribution in [3.05, 3.63) is 41.2 Å². The summed E-state index contributed by atoms with van der Waals surface area (Å²) in [6, 6.07) is 7.51. The van der Waals surface area contributed by atoms with Gasteiger partial charge in [-0.05, 0) is 25.3 Å². The number of morpholine rings is 1. The summed E-state index contributed by atoms with van der Waals surface area (Å²) in [6.45, 7) is 6.47. The molecule has 9 nitrogen and oxygen atoms in total. The third-order valence-electron chi connectivity index (χ3n) is 5.23. The van der Waals surface area contributed by atoms with Gasteiger partial charge in [0.15, 0.2) is 5.82 Å². The number of aryl methyl sites for hydroxylation is 1.